The fraction of sp³-hybridized carbons (Fsp3) is 0.833. The number of hydrogen-bond donors (Lipinski definition) is 1. The van der Waals surface area contributed by atoms with Crippen molar-refractivity contribution in [2.45, 2.75) is 71.6 Å². The van der Waals surface area contributed by atoms with Gasteiger partial charge in [0.15, 0.2) is 0 Å². The van der Waals surface area contributed by atoms with Crippen molar-refractivity contribution in [3.05, 3.63) is 0 Å². The quantitative estimate of drug-likeness (QED) is 0.725. The van der Waals surface area contributed by atoms with E-state index in [1.165, 1.54) is 64.5 Å². The highest BCUT2D eigenvalue weighted by Gasteiger charge is 2.41. The van der Waals surface area contributed by atoms with Crippen LogP contribution in [0.2, 0.25) is 0 Å². The van der Waals surface area contributed by atoms with Crippen LogP contribution in [0, 0.1) is 34.5 Å². The lowest BCUT2D eigenvalue weighted by Crippen LogP contribution is -2.57. The average Bonchev–Trinajstić information content (AvgIpc) is 2.38. The van der Waals surface area contributed by atoms with Gasteiger partial charge in [0.25, 0.3) is 0 Å². The van der Waals surface area contributed by atoms with Crippen molar-refractivity contribution < 1.29 is 0 Å². The molecule has 20 heavy (non-hydrogen) atoms. The summed E-state index contributed by atoms with van der Waals surface area (Å²) in [4.78, 5) is 0. The smallest absolute Gasteiger partial charge is 0.0624 e. The molecule has 0 aromatic rings. The van der Waals surface area contributed by atoms with Gasteiger partial charge in [0.05, 0.1) is 6.07 Å². The van der Waals surface area contributed by atoms with Crippen LogP contribution in [-0.2, 0) is 0 Å². The van der Waals surface area contributed by atoms with Crippen LogP contribution < -0.4 is 5.32 Å². The molecular formula is C18H30N2. The molecule has 1 aliphatic heterocycles. The minimum absolute atomic E-state index is 0.740. The lowest BCUT2D eigenvalue weighted by molar-refractivity contribution is 0.0603. The standard InChI is InChI=1S/C8H13N.C6H11N.C4H6/c9-7-6-8-4-2-1-3-5-8;1-2-6(3-1)4-7-5-6;1-3-4-2/h8H,1-6H2;7H,1-5H2;1-2H3. The van der Waals surface area contributed by atoms with E-state index in [2.05, 4.69) is 23.2 Å². The second kappa shape index (κ2) is 9.84. The van der Waals surface area contributed by atoms with Gasteiger partial charge in [-0.25, -0.2) is 0 Å². The van der Waals surface area contributed by atoms with Gasteiger partial charge in [-0.05, 0) is 50.9 Å². The van der Waals surface area contributed by atoms with Gasteiger partial charge >= 0.3 is 0 Å². The third-order valence-electron chi connectivity index (χ3n) is 4.77. The summed E-state index contributed by atoms with van der Waals surface area (Å²) < 4.78 is 0. The minimum atomic E-state index is 0.740. The molecule has 2 nitrogen and oxygen atoms in total. The molecule has 1 saturated heterocycles. The Morgan fingerprint density at radius 2 is 1.60 bits per heavy atom. The summed E-state index contributed by atoms with van der Waals surface area (Å²) in [5.41, 5.74) is 0.833. The molecular weight excluding hydrogens is 244 g/mol. The SMILES string of the molecule is C1CC2(C1)CNC2.CC#CC.N#CCC1CCCCC1. The molecule has 2 aliphatic carbocycles. The number of nitrogens with one attached hydrogen (secondary N) is 1. The monoisotopic (exact) mass is 274 g/mol. The summed E-state index contributed by atoms with van der Waals surface area (Å²) in [6.45, 7) is 6.26. The van der Waals surface area contributed by atoms with E-state index in [9.17, 15) is 0 Å². The number of nitrogens with zero attached hydrogens (tertiary/aromatic N) is 1. The maximum atomic E-state index is 8.37. The Bertz CT molecular complexity index is 320. The van der Waals surface area contributed by atoms with E-state index in [1.807, 2.05) is 13.8 Å². The van der Waals surface area contributed by atoms with Crippen molar-refractivity contribution in [2.75, 3.05) is 13.1 Å². The zero-order valence-electron chi connectivity index (χ0n) is 13.3. The van der Waals surface area contributed by atoms with Gasteiger partial charge in [-0.3, -0.25) is 0 Å². The first-order valence-electron chi connectivity index (χ1n) is 8.17. The Hall–Kier alpha value is -0.990. The normalized spacial score (nSPS) is 22.2. The maximum absolute atomic E-state index is 8.37. The highest BCUT2D eigenvalue weighted by atomic mass is 15.0. The Kier molecular flexibility index (Phi) is 8.40. The number of nitriles is 1. The molecule has 0 aromatic heterocycles. The van der Waals surface area contributed by atoms with Crippen LogP contribution in [0.4, 0.5) is 0 Å². The molecule has 0 amide bonds. The van der Waals surface area contributed by atoms with Crippen molar-refractivity contribution in [3.63, 3.8) is 0 Å². The maximum Gasteiger partial charge on any atom is 0.0624 e. The summed E-state index contributed by atoms with van der Waals surface area (Å²) in [5, 5.41) is 11.7. The highest BCUT2D eigenvalue weighted by molar-refractivity contribution is 4.97. The average molecular weight is 274 g/mol. The fourth-order valence-electron chi connectivity index (χ4n) is 3.03. The van der Waals surface area contributed by atoms with E-state index in [0.717, 1.165) is 17.8 Å². The molecule has 2 saturated carbocycles. The van der Waals surface area contributed by atoms with Crippen LogP contribution in [0.5, 0.6) is 0 Å². The Balaban J connectivity index is 0.000000162. The van der Waals surface area contributed by atoms with Gasteiger partial charge in [-0.15, -0.1) is 11.8 Å². The number of hydrogen-bond acceptors (Lipinski definition) is 2. The summed E-state index contributed by atoms with van der Waals surface area (Å²) in [6.07, 6.45) is 12.0. The van der Waals surface area contributed by atoms with Crippen molar-refractivity contribution >= 4 is 0 Å². The van der Waals surface area contributed by atoms with Crippen LogP contribution in [0.3, 0.4) is 0 Å². The van der Waals surface area contributed by atoms with Crippen molar-refractivity contribution in [1.82, 2.24) is 5.32 Å². The van der Waals surface area contributed by atoms with E-state index in [-0.39, 0.29) is 0 Å². The fourth-order valence-corrected chi connectivity index (χ4v) is 3.03. The van der Waals surface area contributed by atoms with Gasteiger partial charge in [0.1, 0.15) is 0 Å². The second-order valence-electron chi connectivity index (χ2n) is 6.32. The zero-order chi connectivity index (χ0) is 14.7. The van der Waals surface area contributed by atoms with Crippen molar-refractivity contribution in [1.29, 1.82) is 5.26 Å². The third-order valence-corrected chi connectivity index (χ3v) is 4.77. The van der Waals surface area contributed by atoms with Gasteiger partial charge in [-0.1, -0.05) is 25.7 Å². The molecule has 112 valence electrons. The van der Waals surface area contributed by atoms with E-state index in [0.29, 0.717) is 0 Å². The van der Waals surface area contributed by atoms with Gasteiger partial charge in [0, 0.05) is 19.5 Å². The lowest BCUT2D eigenvalue weighted by atomic mass is 9.65. The molecule has 0 aromatic carbocycles. The minimum Gasteiger partial charge on any atom is -0.316 e. The van der Waals surface area contributed by atoms with E-state index in [1.54, 1.807) is 0 Å². The summed E-state index contributed by atoms with van der Waals surface area (Å²) >= 11 is 0. The Morgan fingerprint density at radius 3 is 1.85 bits per heavy atom. The number of rotatable bonds is 1. The van der Waals surface area contributed by atoms with E-state index >= 15 is 0 Å². The van der Waals surface area contributed by atoms with E-state index in [4.69, 9.17) is 5.26 Å². The van der Waals surface area contributed by atoms with E-state index < -0.39 is 0 Å². The molecule has 0 radical (unpaired) electrons. The molecule has 1 spiro atoms. The molecule has 3 aliphatic rings. The summed E-state index contributed by atoms with van der Waals surface area (Å²) in [5.74, 6) is 6.10. The van der Waals surface area contributed by atoms with Gasteiger partial charge in [0.2, 0.25) is 0 Å². The molecule has 0 atom stereocenters. The predicted octanol–water partition coefficient (Wildman–Crippen LogP) is 4.27. The highest BCUT2D eigenvalue weighted by Crippen LogP contribution is 2.43. The van der Waals surface area contributed by atoms with Crippen LogP contribution in [0.15, 0.2) is 0 Å². The molecule has 0 bridgehead atoms. The third kappa shape index (κ3) is 5.98. The Labute approximate surface area is 125 Å². The van der Waals surface area contributed by atoms with Crippen molar-refractivity contribution in [3.8, 4) is 17.9 Å². The largest absolute Gasteiger partial charge is 0.316 e. The van der Waals surface area contributed by atoms with Gasteiger partial charge in [-0.2, -0.15) is 5.26 Å². The second-order valence-corrected chi connectivity index (χ2v) is 6.32. The van der Waals surface area contributed by atoms with Crippen LogP contribution >= 0.6 is 0 Å². The first-order chi connectivity index (χ1) is 9.76. The molecule has 2 heteroatoms. The first-order valence-corrected chi connectivity index (χ1v) is 8.17. The molecule has 3 fully saturated rings. The summed E-state index contributed by atoms with van der Waals surface area (Å²) in [7, 11) is 0. The topological polar surface area (TPSA) is 35.8 Å². The zero-order valence-corrected chi connectivity index (χ0v) is 13.3. The molecule has 3 rings (SSSR count). The molecule has 1 N–H and O–H groups in total. The van der Waals surface area contributed by atoms with Crippen LogP contribution in [0.1, 0.15) is 71.6 Å². The van der Waals surface area contributed by atoms with Crippen LogP contribution in [-0.4, -0.2) is 13.1 Å². The molecule has 0 unspecified atom stereocenters. The van der Waals surface area contributed by atoms with Crippen LogP contribution in [0.25, 0.3) is 0 Å². The summed E-state index contributed by atoms with van der Waals surface area (Å²) in [6, 6.07) is 2.24. The predicted molar refractivity (Wildman–Crippen MR) is 85.1 cm³/mol. The molecule has 1 heterocycles. The Morgan fingerprint density at radius 1 is 1.00 bits per heavy atom. The lowest BCUT2D eigenvalue weighted by Gasteiger charge is -2.49. The van der Waals surface area contributed by atoms with Crippen molar-refractivity contribution in [2.24, 2.45) is 11.3 Å². The van der Waals surface area contributed by atoms with Gasteiger partial charge < -0.3 is 5.32 Å². The first kappa shape index (κ1) is 17.1.